The fraction of sp³-hybridized carbons (Fsp3) is 0.294. The smallest absolute Gasteiger partial charge is 0.163 e. The Balaban J connectivity index is 1.70. The Kier molecular flexibility index (Phi) is 3.95. The summed E-state index contributed by atoms with van der Waals surface area (Å²) in [6, 6.07) is 11.0. The Bertz CT molecular complexity index is 643. The zero-order chi connectivity index (χ0) is 14.7. The quantitative estimate of drug-likeness (QED) is 0.928. The maximum absolute atomic E-state index is 13.5. The van der Waals surface area contributed by atoms with Crippen molar-refractivity contribution in [2.75, 3.05) is 18.5 Å². The number of hydrogen-bond donors (Lipinski definition) is 1. The topological polar surface area (TPSA) is 30.5 Å². The van der Waals surface area contributed by atoms with Gasteiger partial charge in [0.15, 0.2) is 11.5 Å². The minimum absolute atomic E-state index is 0.173. The van der Waals surface area contributed by atoms with Crippen LogP contribution in [-0.4, -0.2) is 13.2 Å². The Morgan fingerprint density at radius 1 is 1.05 bits per heavy atom. The van der Waals surface area contributed by atoms with E-state index in [1.807, 2.05) is 24.3 Å². The molecule has 1 aliphatic heterocycles. The van der Waals surface area contributed by atoms with Crippen LogP contribution >= 0.6 is 0 Å². The van der Waals surface area contributed by atoms with Crippen molar-refractivity contribution < 1.29 is 13.9 Å². The molecule has 0 fully saturated rings. The van der Waals surface area contributed by atoms with Crippen LogP contribution in [0.1, 0.15) is 17.5 Å². The summed E-state index contributed by atoms with van der Waals surface area (Å²) in [4.78, 5) is 0. The van der Waals surface area contributed by atoms with Gasteiger partial charge in [0, 0.05) is 24.7 Å². The van der Waals surface area contributed by atoms with Gasteiger partial charge >= 0.3 is 0 Å². The molecular weight excluding hydrogens is 269 g/mol. The molecule has 0 unspecified atom stereocenters. The zero-order valence-electron chi connectivity index (χ0n) is 12.0. The van der Waals surface area contributed by atoms with Crippen molar-refractivity contribution in [3.63, 3.8) is 0 Å². The summed E-state index contributed by atoms with van der Waals surface area (Å²) in [7, 11) is 0. The molecule has 0 radical (unpaired) electrons. The molecule has 21 heavy (non-hydrogen) atoms. The number of aryl methyl sites for hydroxylation is 1. The summed E-state index contributed by atoms with van der Waals surface area (Å²) in [5, 5.41) is 3.28. The number of fused-ring (bicyclic) bond motifs is 1. The second kappa shape index (κ2) is 6.04. The lowest BCUT2D eigenvalue weighted by molar-refractivity contribution is 0.297. The van der Waals surface area contributed by atoms with E-state index in [-0.39, 0.29) is 5.82 Å². The summed E-state index contributed by atoms with van der Waals surface area (Å²) < 4.78 is 24.8. The molecule has 1 N–H and O–H groups in total. The number of benzene rings is 2. The lowest BCUT2D eigenvalue weighted by Gasteiger charge is -2.11. The van der Waals surface area contributed by atoms with E-state index < -0.39 is 0 Å². The fourth-order valence-corrected chi connectivity index (χ4v) is 2.22. The van der Waals surface area contributed by atoms with E-state index in [2.05, 4.69) is 5.32 Å². The predicted octanol–water partition coefficient (Wildman–Crippen LogP) is 3.91. The first-order valence-electron chi connectivity index (χ1n) is 7.11. The molecule has 0 aromatic heterocycles. The largest absolute Gasteiger partial charge is 0.490 e. The molecule has 0 atom stereocenters. The van der Waals surface area contributed by atoms with Gasteiger partial charge in [-0.25, -0.2) is 4.39 Å². The van der Waals surface area contributed by atoms with Crippen molar-refractivity contribution in [3.05, 3.63) is 53.3 Å². The maximum atomic E-state index is 13.5. The SMILES string of the molecule is Cc1ccc(CNc2ccc3c(c2)OCCCO3)cc1F. The van der Waals surface area contributed by atoms with Gasteiger partial charge in [0.1, 0.15) is 5.82 Å². The first kappa shape index (κ1) is 13.7. The highest BCUT2D eigenvalue weighted by atomic mass is 19.1. The lowest BCUT2D eigenvalue weighted by atomic mass is 10.1. The molecule has 110 valence electrons. The zero-order valence-corrected chi connectivity index (χ0v) is 12.0. The molecule has 0 bridgehead atoms. The summed E-state index contributed by atoms with van der Waals surface area (Å²) in [6.45, 7) is 3.68. The third-order valence-electron chi connectivity index (χ3n) is 3.48. The van der Waals surface area contributed by atoms with Gasteiger partial charge in [-0.15, -0.1) is 0 Å². The van der Waals surface area contributed by atoms with E-state index in [1.165, 1.54) is 0 Å². The summed E-state index contributed by atoms with van der Waals surface area (Å²) >= 11 is 0. The molecule has 0 spiro atoms. The summed E-state index contributed by atoms with van der Waals surface area (Å²) in [5.41, 5.74) is 2.50. The number of nitrogens with one attached hydrogen (secondary N) is 1. The second-order valence-electron chi connectivity index (χ2n) is 5.15. The number of halogens is 1. The number of anilines is 1. The summed E-state index contributed by atoms with van der Waals surface area (Å²) in [6.07, 6.45) is 0.889. The van der Waals surface area contributed by atoms with E-state index in [1.54, 1.807) is 19.1 Å². The highest BCUT2D eigenvalue weighted by Crippen LogP contribution is 2.32. The number of ether oxygens (including phenoxy) is 2. The van der Waals surface area contributed by atoms with Crippen LogP contribution in [0.25, 0.3) is 0 Å². The molecule has 2 aromatic rings. The highest BCUT2D eigenvalue weighted by molar-refractivity contribution is 5.55. The van der Waals surface area contributed by atoms with Crippen molar-refractivity contribution in [2.24, 2.45) is 0 Å². The van der Waals surface area contributed by atoms with Crippen molar-refractivity contribution >= 4 is 5.69 Å². The predicted molar refractivity (Wildman–Crippen MR) is 80.5 cm³/mol. The van der Waals surface area contributed by atoms with Crippen molar-refractivity contribution in [1.29, 1.82) is 0 Å². The maximum Gasteiger partial charge on any atom is 0.163 e. The highest BCUT2D eigenvalue weighted by Gasteiger charge is 2.10. The van der Waals surface area contributed by atoms with Crippen LogP contribution in [0, 0.1) is 12.7 Å². The normalized spacial score (nSPS) is 13.6. The van der Waals surface area contributed by atoms with Gasteiger partial charge in [0.05, 0.1) is 13.2 Å². The van der Waals surface area contributed by atoms with Crippen molar-refractivity contribution in [2.45, 2.75) is 19.9 Å². The van der Waals surface area contributed by atoms with Crippen LogP contribution in [0.4, 0.5) is 10.1 Å². The molecule has 1 aliphatic rings. The summed E-state index contributed by atoms with van der Waals surface area (Å²) in [5.74, 6) is 1.36. The van der Waals surface area contributed by atoms with Crippen molar-refractivity contribution in [3.8, 4) is 11.5 Å². The standard InChI is InChI=1S/C17H18FNO2/c1-12-3-4-13(9-15(12)18)11-19-14-5-6-16-17(10-14)21-8-2-7-20-16/h3-6,9-10,19H,2,7-8,11H2,1H3. The Morgan fingerprint density at radius 2 is 1.86 bits per heavy atom. The van der Waals surface area contributed by atoms with Gasteiger partial charge in [-0.1, -0.05) is 12.1 Å². The van der Waals surface area contributed by atoms with Crippen LogP contribution in [0.2, 0.25) is 0 Å². The molecule has 4 heteroatoms. The van der Waals surface area contributed by atoms with Crippen molar-refractivity contribution in [1.82, 2.24) is 0 Å². The fourth-order valence-electron chi connectivity index (χ4n) is 2.22. The Hall–Kier alpha value is -2.23. The van der Waals surface area contributed by atoms with Gasteiger partial charge in [-0.2, -0.15) is 0 Å². The molecule has 0 saturated carbocycles. The molecule has 0 aliphatic carbocycles. The average Bonchev–Trinajstić information content (AvgIpc) is 2.73. The Labute approximate surface area is 123 Å². The van der Waals surface area contributed by atoms with E-state index in [9.17, 15) is 4.39 Å². The van der Waals surface area contributed by atoms with Gasteiger partial charge in [0.2, 0.25) is 0 Å². The monoisotopic (exact) mass is 287 g/mol. The minimum atomic E-state index is -0.173. The van der Waals surface area contributed by atoms with Gasteiger partial charge in [-0.3, -0.25) is 0 Å². The Morgan fingerprint density at radius 3 is 2.67 bits per heavy atom. The van der Waals surface area contributed by atoms with E-state index in [0.29, 0.717) is 25.3 Å². The lowest BCUT2D eigenvalue weighted by Crippen LogP contribution is -2.01. The first-order chi connectivity index (χ1) is 10.2. The van der Waals surface area contributed by atoms with E-state index in [4.69, 9.17) is 9.47 Å². The van der Waals surface area contributed by atoms with E-state index >= 15 is 0 Å². The average molecular weight is 287 g/mol. The molecular formula is C17H18FNO2. The molecule has 1 heterocycles. The van der Waals surface area contributed by atoms with Crippen LogP contribution in [0.3, 0.4) is 0 Å². The van der Waals surface area contributed by atoms with Crippen LogP contribution in [0.15, 0.2) is 36.4 Å². The van der Waals surface area contributed by atoms with Gasteiger partial charge < -0.3 is 14.8 Å². The van der Waals surface area contributed by atoms with Crippen LogP contribution in [-0.2, 0) is 6.54 Å². The molecule has 0 saturated heterocycles. The minimum Gasteiger partial charge on any atom is -0.490 e. The second-order valence-corrected chi connectivity index (χ2v) is 5.15. The molecule has 3 rings (SSSR count). The van der Waals surface area contributed by atoms with E-state index in [0.717, 1.165) is 29.2 Å². The van der Waals surface area contributed by atoms with Gasteiger partial charge in [-0.05, 0) is 36.2 Å². The first-order valence-corrected chi connectivity index (χ1v) is 7.11. The van der Waals surface area contributed by atoms with Crippen LogP contribution in [0.5, 0.6) is 11.5 Å². The molecule has 0 amide bonds. The molecule has 2 aromatic carbocycles. The van der Waals surface area contributed by atoms with Gasteiger partial charge in [0.25, 0.3) is 0 Å². The third-order valence-corrected chi connectivity index (χ3v) is 3.48. The third kappa shape index (κ3) is 3.27. The molecule has 3 nitrogen and oxygen atoms in total. The number of rotatable bonds is 3. The number of hydrogen-bond acceptors (Lipinski definition) is 3. The van der Waals surface area contributed by atoms with Crippen LogP contribution < -0.4 is 14.8 Å².